The molecule has 2 N–H and O–H groups in total. The quantitative estimate of drug-likeness (QED) is 0.0280. The molecule has 2 aromatic heterocycles. The number of aromatic nitrogens is 2. The Labute approximate surface area is 370 Å². The van der Waals surface area contributed by atoms with E-state index in [2.05, 4.69) is 51.5 Å². The number of para-hydroxylation sites is 8. The maximum Gasteiger partial charge on any atom is 0.231 e. The fourth-order valence-electron chi connectivity index (χ4n) is 6.04. The SMILES string of the molecule is COc1ccccc1N/N=C(\N=Nc1nc2ccccc2s1)c1ccccc1OCCOCCOc1ccccc1/C(N=Nc1nc2ccccc2s1)=N\Nc1ccccc1OC. The van der Waals surface area contributed by atoms with Gasteiger partial charge in [0, 0.05) is 0 Å². The third kappa shape index (κ3) is 11.0. The number of benzene rings is 6. The molecule has 0 aliphatic carbocycles. The third-order valence-electron chi connectivity index (χ3n) is 9.03. The number of azo groups is 2. The number of nitrogens with zero attached hydrogens (tertiary/aromatic N) is 8. The van der Waals surface area contributed by atoms with Gasteiger partial charge in [-0.1, -0.05) is 95.5 Å². The van der Waals surface area contributed by atoms with Crippen LogP contribution >= 0.6 is 22.7 Å². The van der Waals surface area contributed by atoms with Crippen LogP contribution in [0, 0.1) is 0 Å². The number of anilines is 2. The molecule has 0 bridgehead atoms. The molecule has 0 aliphatic heterocycles. The Morgan fingerprint density at radius 1 is 0.476 bits per heavy atom. The summed E-state index contributed by atoms with van der Waals surface area (Å²) in [7, 11) is 3.20. The average Bonchev–Trinajstić information content (AvgIpc) is 3.96. The molecule has 0 fully saturated rings. The van der Waals surface area contributed by atoms with Crippen molar-refractivity contribution < 1.29 is 23.7 Å². The van der Waals surface area contributed by atoms with Crippen LogP contribution in [-0.4, -0.2) is 62.3 Å². The van der Waals surface area contributed by atoms with Gasteiger partial charge in [0.1, 0.15) is 36.2 Å². The molecule has 0 atom stereocenters. The first-order valence-corrected chi connectivity index (χ1v) is 21.3. The number of amidine groups is 2. The van der Waals surface area contributed by atoms with Crippen LogP contribution in [0.15, 0.2) is 176 Å². The minimum atomic E-state index is 0.243. The number of ether oxygens (including phenoxy) is 5. The highest BCUT2D eigenvalue weighted by atomic mass is 32.1. The Bertz CT molecular complexity index is 2650. The monoisotopic (exact) mass is 876 g/mol. The summed E-state index contributed by atoms with van der Waals surface area (Å²) >= 11 is 2.88. The van der Waals surface area contributed by atoms with Gasteiger partial charge in [0.05, 0.1) is 70.4 Å². The van der Waals surface area contributed by atoms with Crippen LogP contribution in [0.4, 0.5) is 21.6 Å². The van der Waals surface area contributed by atoms with Gasteiger partial charge < -0.3 is 23.7 Å². The first-order valence-electron chi connectivity index (χ1n) is 19.7. The highest BCUT2D eigenvalue weighted by Gasteiger charge is 2.15. The summed E-state index contributed by atoms with van der Waals surface area (Å²) in [5.41, 5.74) is 10.4. The summed E-state index contributed by atoms with van der Waals surface area (Å²) in [6, 6.07) is 45.5. The van der Waals surface area contributed by atoms with Gasteiger partial charge in [0.15, 0.2) is 0 Å². The van der Waals surface area contributed by atoms with E-state index in [4.69, 9.17) is 23.7 Å². The van der Waals surface area contributed by atoms with Crippen molar-refractivity contribution in [2.45, 2.75) is 0 Å². The minimum Gasteiger partial charge on any atom is -0.495 e. The fraction of sp³-hybridized carbons (Fsp3) is 0.130. The van der Waals surface area contributed by atoms with Crippen molar-refractivity contribution in [1.82, 2.24) is 9.97 Å². The van der Waals surface area contributed by atoms with E-state index in [1.54, 1.807) is 14.2 Å². The summed E-state index contributed by atoms with van der Waals surface area (Å²) in [6.07, 6.45) is 0. The van der Waals surface area contributed by atoms with Crippen LogP contribution in [0.5, 0.6) is 23.0 Å². The predicted molar refractivity (Wildman–Crippen MR) is 249 cm³/mol. The molecule has 0 spiro atoms. The molecule has 15 nitrogen and oxygen atoms in total. The molecule has 0 unspecified atom stereocenters. The topological polar surface area (TPSA) is 170 Å². The van der Waals surface area contributed by atoms with Gasteiger partial charge in [0.2, 0.25) is 21.9 Å². The van der Waals surface area contributed by atoms with Crippen LogP contribution in [0.2, 0.25) is 0 Å². The van der Waals surface area contributed by atoms with E-state index in [1.165, 1.54) is 22.7 Å². The first kappa shape index (κ1) is 42.1. The predicted octanol–water partition coefficient (Wildman–Crippen LogP) is 11.5. The molecule has 316 valence electrons. The van der Waals surface area contributed by atoms with E-state index >= 15 is 0 Å². The van der Waals surface area contributed by atoms with Gasteiger partial charge >= 0.3 is 0 Å². The molecule has 2 heterocycles. The lowest BCUT2D eigenvalue weighted by Crippen LogP contribution is -2.14. The maximum atomic E-state index is 6.22. The number of fused-ring (bicyclic) bond motifs is 2. The summed E-state index contributed by atoms with van der Waals surface area (Å²) in [5, 5.41) is 28.3. The summed E-state index contributed by atoms with van der Waals surface area (Å²) in [6.45, 7) is 1.05. The molecule has 0 aliphatic rings. The Morgan fingerprint density at radius 3 is 1.32 bits per heavy atom. The average molecular weight is 877 g/mol. The Balaban J connectivity index is 0.920. The zero-order valence-electron chi connectivity index (χ0n) is 34.1. The minimum absolute atomic E-state index is 0.243. The van der Waals surface area contributed by atoms with Gasteiger partial charge in [-0.25, -0.2) is 9.97 Å². The lowest BCUT2D eigenvalue weighted by atomic mass is 10.2. The number of thiazole rings is 2. The van der Waals surface area contributed by atoms with Crippen LogP contribution in [-0.2, 0) is 4.74 Å². The molecule has 6 aromatic carbocycles. The van der Waals surface area contributed by atoms with Crippen molar-refractivity contribution in [3.05, 3.63) is 157 Å². The van der Waals surface area contributed by atoms with Crippen molar-refractivity contribution in [1.29, 1.82) is 0 Å². The lowest BCUT2D eigenvalue weighted by molar-refractivity contribution is 0.0763. The fourth-order valence-corrected chi connectivity index (χ4v) is 7.61. The summed E-state index contributed by atoms with van der Waals surface area (Å²) in [4.78, 5) is 9.19. The second-order valence-corrected chi connectivity index (χ2v) is 15.1. The van der Waals surface area contributed by atoms with E-state index in [-0.39, 0.29) is 38.1 Å². The number of hydrogen-bond donors (Lipinski definition) is 2. The maximum absolute atomic E-state index is 6.22. The van der Waals surface area contributed by atoms with Crippen molar-refractivity contribution in [3.8, 4) is 23.0 Å². The molecule has 17 heteroatoms. The molecule has 0 amide bonds. The zero-order chi connectivity index (χ0) is 43.1. The van der Waals surface area contributed by atoms with Crippen LogP contribution in [0.3, 0.4) is 0 Å². The van der Waals surface area contributed by atoms with E-state index in [1.807, 2.05) is 146 Å². The molecular weight excluding hydrogens is 837 g/mol. The zero-order valence-corrected chi connectivity index (χ0v) is 35.8. The van der Waals surface area contributed by atoms with Crippen molar-refractivity contribution in [3.63, 3.8) is 0 Å². The Hall–Kier alpha value is -7.60. The highest BCUT2D eigenvalue weighted by molar-refractivity contribution is 7.22. The second kappa shape index (κ2) is 21.3. The van der Waals surface area contributed by atoms with Gasteiger partial charge in [-0.15, -0.1) is 20.5 Å². The van der Waals surface area contributed by atoms with Gasteiger partial charge in [-0.2, -0.15) is 10.2 Å². The van der Waals surface area contributed by atoms with E-state index < -0.39 is 0 Å². The summed E-state index contributed by atoms with van der Waals surface area (Å²) < 4.78 is 31.4. The largest absolute Gasteiger partial charge is 0.495 e. The molecular formula is C46H40N10O5S2. The first-order chi connectivity index (χ1) is 31.1. The highest BCUT2D eigenvalue weighted by Crippen LogP contribution is 2.31. The smallest absolute Gasteiger partial charge is 0.231 e. The standard InChI is InChI=1S/C46H40N10O5S2/c1-57-39-23-11-5-17-33(39)49-51-43(53-55-45-47-35-19-7-13-25-41(35)62-45)31-15-3-9-21-37(31)60-29-27-59-28-30-61-38-22-10-4-16-32(38)44(52-50-34-18-6-12-24-40(34)58-2)54-56-46-48-36-20-8-14-26-42(36)63-46/h3-26,49-50H,27-30H2,1-2H3/b51-43-,52-44+,55-53?,56-54?. The molecule has 8 rings (SSSR count). The summed E-state index contributed by atoms with van der Waals surface area (Å²) in [5.74, 6) is 2.90. The Morgan fingerprint density at radius 2 is 0.873 bits per heavy atom. The number of hydrazone groups is 2. The number of nitrogens with one attached hydrogen (secondary N) is 2. The molecule has 63 heavy (non-hydrogen) atoms. The van der Waals surface area contributed by atoms with Gasteiger partial charge in [0.25, 0.3) is 0 Å². The van der Waals surface area contributed by atoms with Crippen molar-refractivity contribution >= 4 is 76.4 Å². The molecule has 0 saturated heterocycles. The third-order valence-corrected chi connectivity index (χ3v) is 10.9. The van der Waals surface area contributed by atoms with E-state index in [9.17, 15) is 0 Å². The molecule has 0 radical (unpaired) electrons. The second-order valence-electron chi connectivity index (χ2n) is 13.1. The van der Waals surface area contributed by atoms with Crippen LogP contribution < -0.4 is 29.8 Å². The number of hydrogen-bond acceptors (Lipinski definition) is 15. The normalized spacial score (nSPS) is 12.0. The van der Waals surface area contributed by atoms with E-state index in [0.29, 0.717) is 55.8 Å². The van der Waals surface area contributed by atoms with Crippen LogP contribution in [0.25, 0.3) is 20.4 Å². The van der Waals surface area contributed by atoms with Gasteiger partial charge in [-0.3, -0.25) is 10.9 Å². The molecule has 8 aromatic rings. The molecule has 0 saturated carbocycles. The van der Waals surface area contributed by atoms with Crippen LogP contribution in [0.1, 0.15) is 11.1 Å². The number of rotatable bonds is 18. The van der Waals surface area contributed by atoms with E-state index in [0.717, 1.165) is 20.4 Å². The Kier molecular flexibility index (Phi) is 14.2. The number of methoxy groups -OCH3 is 2. The van der Waals surface area contributed by atoms with Crippen molar-refractivity contribution in [2.75, 3.05) is 51.5 Å². The van der Waals surface area contributed by atoms with Crippen molar-refractivity contribution in [2.24, 2.45) is 30.7 Å². The lowest BCUT2D eigenvalue weighted by Gasteiger charge is -2.13. The van der Waals surface area contributed by atoms with Gasteiger partial charge in [-0.05, 0) is 72.8 Å².